The summed E-state index contributed by atoms with van der Waals surface area (Å²) in [6.07, 6.45) is 0.762. The zero-order valence-corrected chi connectivity index (χ0v) is 8.91. The molecule has 84 valence electrons. The van der Waals surface area contributed by atoms with E-state index in [1.54, 1.807) is 19.2 Å². The van der Waals surface area contributed by atoms with E-state index < -0.39 is 0 Å². The molecule has 1 N–H and O–H groups in total. The minimum atomic E-state index is -0.384. The highest BCUT2D eigenvalue weighted by Gasteiger charge is 2.09. The Labute approximate surface area is 88.3 Å². The molecule has 0 radical (unpaired) electrons. The maximum absolute atomic E-state index is 11.4. The Kier molecular flexibility index (Phi) is 4.86. The number of hydroxylamine groups is 1. The van der Waals surface area contributed by atoms with E-state index in [0.717, 1.165) is 12.2 Å². The van der Waals surface area contributed by atoms with E-state index in [-0.39, 0.29) is 11.7 Å². The van der Waals surface area contributed by atoms with E-state index in [0.29, 0.717) is 13.2 Å². The van der Waals surface area contributed by atoms with Crippen LogP contribution in [-0.4, -0.2) is 26.2 Å². The van der Waals surface area contributed by atoms with Crippen LogP contribution in [0.2, 0.25) is 0 Å². The molecule has 0 fully saturated rings. The zero-order chi connectivity index (χ0) is 11.1. The van der Waals surface area contributed by atoms with E-state index in [9.17, 15) is 4.79 Å². The minimum Gasteiger partial charge on any atom is -0.456 e. The maximum atomic E-state index is 11.4. The van der Waals surface area contributed by atoms with Gasteiger partial charge in [-0.3, -0.25) is 9.63 Å². The number of hydrogen-bond acceptors (Lipinski definition) is 4. The average Bonchev–Trinajstić information content (AvgIpc) is 2.72. The van der Waals surface area contributed by atoms with Crippen LogP contribution >= 0.6 is 0 Å². The van der Waals surface area contributed by atoms with Crippen molar-refractivity contribution in [3.8, 4) is 0 Å². The topological polar surface area (TPSA) is 60.7 Å². The molecular weight excluding hydrogens is 198 g/mol. The SMILES string of the molecule is CCc1ccc(C(=O)NOCCOC)o1. The molecule has 0 spiro atoms. The van der Waals surface area contributed by atoms with Crippen LogP contribution in [-0.2, 0) is 16.0 Å². The largest absolute Gasteiger partial charge is 0.456 e. The lowest BCUT2D eigenvalue weighted by Gasteiger charge is -2.02. The second kappa shape index (κ2) is 6.21. The van der Waals surface area contributed by atoms with Gasteiger partial charge < -0.3 is 9.15 Å². The highest BCUT2D eigenvalue weighted by atomic mass is 16.7. The molecule has 0 saturated carbocycles. The third-order valence-corrected chi connectivity index (χ3v) is 1.79. The van der Waals surface area contributed by atoms with Gasteiger partial charge in [-0.05, 0) is 12.1 Å². The van der Waals surface area contributed by atoms with Crippen LogP contribution in [0.1, 0.15) is 23.2 Å². The van der Waals surface area contributed by atoms with Gasteiger partial charge in [0.05, 0.1) is 13.2 Å². The summed E-state index contributed by atoms with van der Waals surface area (Å²) in [5.41, 5.74) is 2.26. The molecule has 0 saturated heterocycles. The predicted molar refractivity (Wildman–Crippen MR) is 53.4 cm³/mol. The van der Waals surface area contributed by atoms with Crippen LogP contribution in [0.4, 0.5) is 0 Å². The first kappa shape index (κ1) is 11.7. The summed E-state index contributed by atoms with van der Waals surface area (Å²) in [5, 5.41) is 0. The Hall–Kier alpha value is -1.33. The summed E-state index contributed by atoms with van der Waals surface area (Å²) in [6.45, 7) is 2.69. The van der Waals surface area contributed by atoms with Crippen molar-refractivity contribution in [2.75, 3.05) is 20.3 Å². The fourth-order valence-corrected chi connectivity index (χ4v) is 0.982. The van der Waals surface area contributed by atoms with Crippen molar-refractivity contribution in [3.63, 3.8) is 0 Å². The monoisotopic (exact) mass is 213 g/mol. The number of nitrogens with one attached hydrogen (secondary N) is 1. The summed E-state index contributed by atoms with van der Waals surface area (Å²) >= 11 is 0. The summed E-state index contributed by atoms with van der Waals surface area (Å²) in [4.78, 5) is 16.2. The summed E-state index contributed by atoms with van der Waals surface area (Å²) < 4.78 is 9.98. The number of furan rings is 1. The number of carbonyl (C=O) groups is 1. The van der Waals surface area contributed by atoms with Crippen LogP contribution in [0, 0.1) is 0 Å². The van der Waals surface area contributed by atoms with Crippen LogP contribution in [0.3, 0.4) is 0 Å². The third-order valence-electron chi connectivity index (χ3n) is 1.79. The van der Waals surface area contributed by atoms with Crippen molar-refractivity contribution in [1.29, 1.82) is 0 Å². The van der Waals surface area contributed by atoms with Gasteiger partial charge in [-0.15, -0.1) is 0 Å². The van der Waals surface area contributed by atoms with Gasteiger partial charge in [0.2, 0.25) is 0 Å². The van der Waals surface area contributed by atoms with E-state index in [1.165, 1.54) is 0 Å². The van der Waals surface area contributed by atoms with Crippen molar-refractivity contribution in [2.45, 2.75) is 13.3 Å². The van der Waals surface area contributed by atoms with Crippen molar-refractivity contribution in [1.82, 2.24) is 5.48 Å². The van der Waals surface area contributed by atoms with E-state index in [1.807, 2.05) is 6.92 Å². The third kappa shape index (κ3) is 3.73. The number of rotatable bonds is 6. The molecule has 1 rings (SSSR count). The highest BCUT2D eigenvalue weighted by molar-refractivity contribution is 5.90. The van der Waals surface area contributed by atoms with Crippen LogP contribution in [0.15, 0.2) is 16.5 Å². The fraction of sp³-hybridized carbons (Fsp3) is 0.500. The van der Waals surface area contributed by atoms with Crippen LogP contribution < -0.4 is 5.48 Å². The summed E-state index contributed by atoms with van der Waals surface area (Å²) in [5.74, 6) is 0.645. The van der Waals surface area contributed by atoms with Gasteiger partial charge in [-0.2, -0.15) is 0 Å². The number of methoxy groups -OCH3 is 1. The molecule has 1 heterocycles. The number of aryl methyl sites for hydroxylation is 1. The molecule has 0 aliphatic rings. The van der Waals surface area contributed by atoms with Crippen molar-refractivity contribution in [3.05, 3.63) is 23.7 Å². The Morgan fingerprint density at radius 3 is 2.87 bits per heavy atom. The quantitative estimate of drug-likeness (QED) is 0.568. The van der Waals surface area contributed by atoms with E-state index >= 15 is 0 Å². The standard InChI is InChI=1S/C10H15NO4/c1-3-8-4-5-9(15-8)10(12)11-14-7-6-13-2/h4-5H,3,6-7H2,1-2H3,(H,11,12). The molecule has 1 aromatic heterocycles. The highest BCUT2D eigenvalue weighted by Crippen LogP contribution is 2.07. The maximum Gasteiger partial charge on any atom is 0.310 e. The van der Waals surface area contributed by atoms with Gasteiger partial charge in [0.1, 0.15) is 5.76 Å². The summed E-state index contributed by atoms with van der Waals surface area (Å²) in [6, 6.07) is 3.39. The first-order valence-corrected chi connectivity index (χ1v) is 4.77. The van der Waals surface area contributed by atoms with Gasteiger partial charge in [0.25, 0.3) is 0 Å². The molecule has 1 aromatic rings. The molecule has 0 aliphatic heterocycles. The number of amides is 1. The molecule has 0 atom stereocenters. The van der Waals surface area contributed by atoms with E-state index in [2.05, 4.69) is 5.48 Å². The molecule has 1 amide bonds. The van der Waals surface area contributed by atoms with Crippen LogP contribution in [0.5, 0.6) is 0 Å². The van der Waals surface area contributed by atoms with E-state index in [4.69, 9.17) is 14.0 Å². The minimum absolute atomic E-state index is 0.254. The summed E-state index contributed by atoms with van der Waals surface area (Å²) in [7, 11) is 1.56. The Balaban J connectivity index is 2.33. The number of ether oxygens (including phenoxy) is 1. The van der Waals surface area contributed by atoms with Gasteiger partial charge in [0.15, 0.2) is 5.76 Å². The van der Waals surface area contributed by atoms with Gasteiger partial charge >= 0.3 is 5.91 Å². The first-order chi connectivity index (χ1) is 7.27. The lowest BCUT2D eigenvalue weighted by molar-refractivity contribution is 0.00725. The predicted octanol–water partition coefficient (Wildman–Crippen LogP) is 1.15. The van der Waals surface area contributed by atoms with Gasteiger partial charge in [-0.1, -0.05) is 6.92 Å². The van der Waals surface area contributed by atoms with Crippen molar-refractivity contribution >= 4 is 5.91 Å². The molecule has 0 aliphatic carbocycles. The van der Waals surface area contributed by atoms with Gasteiger partial charge in [0, 0.05) is 13.5 Å². The average molecular weight is 213 g/mol. The second-order valence-electron chi connectivity index (χ2n) is 2.89. The van der Waals surface area contributed by atoms with Crippen molar-refractivity contribution < 1.29 is 18.8 Å². The second-order valence-corrected chi connectivity index (χ2v) is 2.89. The first-order valence-electron chi connectivity index (χ1n) is 4.77. The van der Waals surface area contributed by atoms with Crippen molar-refractivity contribution in [2.24, 2.45) is 0 Å². The number of hydrogen-bond donors (Lipinski definition) is 1. The Morgan fingerprint density at radius 2 is 2.27 bits per heavy atom. The fourth-order valence-electron chi connectivity index (χ4n) is 0.982. The Morgan fingerprint density at radius 1 is 1.47 bits per heavy atom. The molecule has 0 aromatic carbocycles. The zero-order valence-electron chi connectivity index (χ0n) is 8.91. The Bertz CT molecular complexity index is 308. The lowest BCUT2D eigenvalue weighted by Crippen LogP contribution is -2.24. The molecular formula is C10H15NO4. The molecule has 0 bridgehead atoms. The molecule has 5 heteroatoms. The normalized spacial score (nSPS) is 10.3. The van der Waals surface area contributed by atoms with Gasteiger partial charge in [-0.25, -0.2) is 5.48 Å². The lowest BCUT2D eigenvalue weighted by atomic mass is 10.3. The smallest absolute Gasteiger partial charge is 0.310 e. The molecule has 5 nitrogen and oxygen atoms in total. The van der Waals surface area contributed by atoms with Crippen LogP contribution in [0.25, 0.3) is 0 Å². The molecule has 0 unspecified atom stereocenters. The molecule has 15 heavy (non-hydrogen) atoms. The number of carbonyl (C=O) groups excluding carboxylic acids is 1.